The molecular weight excluding hydrogens is 248 g/mol. The second kappa shape index (κ2) is 3.98. The number of rotatable bonds is 2. The van der Waals surface area contributed by atoms with Crippen LogP contribution in [0, 0.1) is 0 Å². The number of hydrogen-bond donors (Lipinski definition) is 0. The predicted octanol–water partition coefficient (Wildman–Crippen LogP) is 2.17. The summed E-state index contributed by atoms with van der Waals surface area (Å²) in [5.74, 6) is -0.155. The van der Waals surface area contributed by atoms with Crippen molar-refractivity contribution in [1.82, 2.24) is 0 Å². The third-order valence-electron chi connectivity index (χ3n) is 3.15. The van der Waals surface area contributed by atoms with E-state index in [4.69, 9.17) is 9.47 Å². The minimum Gasteiger partial charge on any atom is -0.493 e. The highest BCUT2D eigenvalue weighted by atomic mass is 16.6. The van der Waals surface area contributed by atoms with E-state index >= 15 is 0 Å². The zero-order valence-corrected chi connectivity index (χ0v) is 10.4. The van der Waals surface area contributed by atoms with Crippen LogP contribution in [-0.4, -0.2) is 26.2 Å². The number of fused-ring (bicyclic) bond motifs is 3. The van der Waals surface area contributed by atoms with Gasteiger partial charge in [-0.05, 0) is 24.3 Å². The maximum Gasteiger partial charge on any atom is 0.347 e. The maximum absolute atomic E-state index is 11.7. The van der Waals surface area contributed by atoms with E-state index in [1.807, 2.05) is 0 Å². The molecular formula is C14H10O5. The molecule has 0 aliphatic carbocycles. The van der Waals surface area contributed by atoms with Crippen LogP contribution in [0.25, 0.3) is 10.8 Å². The van der Waals surface area contributed by atoms with Gasteiger partial charge in [0.1, 0.15) is 0 Å². The Morgan fingerprint density at radius 3 is 2.32 bits per heavy atom. The zero-order chi connectivity index (χ0) is 13.6. The number of benzene rings is 2. The lowest BCUT2D eigenvalue weighted by atomic mass is 9.99. The molecule has 0 atom stereocenters. The Labute approximate surface area is 108 Å². The normalized spacial score (nSPS) is 13.4. The summed E-state index contributed by atoms with van der Waals surface area (Å²) in [5, 5.41) is 1.32. The number of carbonyl (C=O) groups is 2. The van der Waals surface area contributed by atoms with Crippen molar-refractivity contribution >= 4 is 22.7 Å². The minimum atomic E-state index is -0.627. The van der Waals surface area contributed by atoms with E-state index in [0.29, 0.717) is 22.3 Å². The van der Waals surface area contributed by atoms with Gasteiger partial charge in [-0.1, -0.05) is 0 Å². The van der Waals surface area contributed by atoms with Crippen molar-refractivity contribution in [2.45, 2.75) is 0 Å². The van der Waals surface area contributed by atoms with Crippen LogP contribution >= 0.6 is 0 Å². The van der Waals surface area contributed by atoms with Crippen LogP contribution in [-0.2, 0) is 4.74 Å². The third-order valence-corrected chi connectivity index (χ3v) is 3.15. The minimum absolute atomic E-state index is 0.281. The summed E-state index contributed by atoms with van der Waals surface area (Å²) in [5.41, 5.74) is 0.563. The van der Waals surface area contributed by atoms with Gasteiger partial charge < -0.3 is 14.2 Å². The Bertz CT molecular complexity index is 717. The van der Waals surface area contributed by atoms with Crippen molar-refractivity contribution in [1.29, 1.82) is 0 Å². The molecule has 0 fully saturated rings. The predicted molar refractivity (Wildman–Crippen MR) is 66.8 cm³/mol. The monoisotopic (exact) mass is 258 g/mol. The van der Waals surface area contributed by atoms with Gasteiger partial charge in [-0.3, -0.25) is 0 Å². The average molecular weight is 258 g/mol. The topological polar surface area (TPSA) is 61.8 Å². The summed E-state index contributed by atoms with van der Waals surface area (Å²) >= 11 is 0. The number of cyclic esters (lactones) is 2. The standard InChI is InChI=1S/C14H10O5/c1-17-10-6-5-7-8(12(10)18-2)3-4-9-11(7)14(16)19-13(9)15/h3-6H,1-2H3. The van der Waals surface area contributed by atoms with Crippen LogP contribution in [0.1, 0.15) is 20.7 Å². The summed E-state index contributed by atoms with van der Waals surface area (Å²) in [6, 6.07) is 6.69. The van der Waals surface area contributed by atoms with Gasteiger partial charge in [-0.2, -0.15) is 0 Å². The van der Waals surface area contributed by atoms with E-state index < -0.39 is 11.9 Å². The highest BCUT2D eigenvalue weighted by molar-refractivity contribution is 6.21. The average Bonchev–Trinajstić information content (AvgIpc) is 2.72. The molecule has 0 bridgehead atoms. The number of carbonyl (C=O) groups excluding carboxylic acids is 2. The lowest BCUT2D eigenvalue weighted by Gasteiger charge is -2.11. The Kier molecular flexibility index (Phi) is 2.41. The molecule has 0 unspecified atom stereocenters. The Hall–Kier alpha value is -2.56. The first-order valence-electron chi connectivity index (χ1n) is 5.61. The summed E-state index contributed by atoms with van der Waals surface area (Å²) in [7, 11) is 3.06. The first-order valence-corrected chi connectivity index (χ1v) is 5.61. The first kappa shape index (κ1) is 11.5. The fraction of sp³-hybridized carbons (Fsp3) is 0.143. The van der Waals surface area contributed by atoms with Gasteiger partial charge >= 0.3 is 11.9 Å². The molecule has 0 amide bonds. The molecule has 2 aromatic rings. The van der Waals surface area contributed by atoms with E-state index in [9.17, 15) is 9.59 Å². The van der Waals surface area contributed by atoms with Gasteiger partial charge in [-0.25, -0.2) is 9.59 Å². The molecule has 5 heteroatoms. The maximum atomic E-state index is 11.7. The largest absolute Gasteiger partial charge is 0.493 e. The van der Waals surface area contributed by atoms with Gasteiger partial charge in [0.2, 0.25) is 0 Å². The van der Waals surface area contributed by atoms with E-state index in [-0.39, 0.29) is 11.1 Å². The second-order valence-corrected chi connectivity index (χ2v) is 4.06. The molecule has 0 N–H and O–H groups in total. The quantitative estimate of drug-likeness (QED) is 0.610. The molecule has 0 radical (unpaired) electrons. The Morgan fingerprint density at radius 1 is 0.895 bits per heavy atom. The van der Waals surface area contributed by atoms with Crippen LogP contribution in [0.15, 0.2) is 24.3 Å². The van der Waals surface area contributed by atoms with Gasteiger partial charge in [0, 0.05) is 10.8 Å². The van der Waals surface area contributed by atoms with Crippen molar-refractivity contribution < 1.29 is 23.8 Å². The molecule has 19 heavy (non-hydrogen) atoms. The lowest BCUT2D eigenvalue weighted by molar-refractivity contribution is 0.0444. The fourth-order valence-corrected chi connectivity index (χ4v) is 2.31. The molecule has 0 aromatic heterocycles. The fourth-order valence-electron chi connectivity index (χ4n) is 2.31. The Balaban J connectivity index is 2.41. The molecule has 0 saturated carbocycles. The Morgan fingerprint density at radius 2 is 1.63 bits per heavy atom. The van der Waals surface area contributed by atoms with E-state index in [1.54, 1.807) is 24.3 Å². The molecule has 1 aliphatic rings. The van der Waals surface area contributed by atoms with Crippen molar-refractivity contribution in [2.24, 2.45) is 0 Å². The SMILES string of the molecule is COc1ccc2c3c(ccc2c1OC)C(=O)OC3=O. The van der Waals surface area contributed by atoms with Crippen molar-refractivity contribution in [2.75, 3.05) is 14.2 Å². The van der Waals surface area contributed by atoms with E-state index in [2.05, 4.69) is 4.74 Å². The van der Waals surface area contributed by atoms with Crippen LogP contribution < -0.4 is 9.47 Å². The molecule has 2 aromatic carbocycles. The van der Waals surface area contributed by atoms with Gasteiger partial charge in [-0.15, -0.1) is 0 Å². The summed E-state index contributed by atoms with van der Waals surface area (Å²) in [6.45, 7) is 0. The number of methoxy groups -OCH3 is 2. The van der Waals surface area contributed by atoms with Gasteiger partial charge in [0.25, 0.3) is 0 Å². The van der Waals surface area contributed by atoms with E-state index in [0.717, 1.165) is 0 Å². The van der Waals surface area contributed by atoms with Crippen LogP contribution in [0.3, 0.4) is 0 Å². The summed E-state index contributed by atoms with van der Waals surface area (Å²) < 4.78 is 15.1. The highest BCUT2D eigenvalue weighted by Crippen LogP contribution is 2.39. The third kappa shape index (κ3) is 1.48. The van der Waals surface area contributed by atoms with Crippen LogP contribution in [0.2, 0.25) is 0 Å². The first-order chi connectivity index (χ1) is 9.17. The van der Waals surface area contributed by atoms with Crippen molar-refractivity contribution in [3.05, 3.63) is 35.4 Å². The van der Waals surface area contributed by atoms with E-state index in [1.165, 1.54) is 14.2 Å². The molecule has 1 aliphatic heterocycles. The number of esters is 2. The summed E-state index contributed by atoms with van der Waals surface area (Å²) in [6.07, 6.45) is 0. The molecule has 1 heterocycles. The summed E-state index contributed by atoms with van der Waals surface area (Å²) in [4.78, 5) is 23.2. The lowest BCUT2D eigenvalue weighted by Crippen LogP contribution is -1.98. The smallest absolute Gasteiger partial charge is 0.347 e. The zero-order valence-electron chi connectivity index (χ0n) is 10.4. The second-order valence-electron chi connectivity index (χ2n) is 4.06. The molecule has 0 saturated heterocycles. The van der Waals surface area contributed by atoms with Crippen molar-refractivity contribution in [3.63, 3.8) is 0 Å². The number of hydrogen-bond acceptors (Lipinski definition) is 5. The van der Waals surface area contributed by atoms with Crippen LogP contribution in [0.4, 0.5) is 0 Å². The highest BCUT2D eigenvalue weighted by Gasteiger charge is 2.32. The van der Waals surface area contributed by atoms with Crippen molar-refractivity contribution in [3.8, 4) is 11.5 Å². The number of ether oxygens (including phenoxy) is 3. The van der Waals surface area contributed by atoms with Gasteiger partial charge in [0.15, 0.2) is 11.5 Å². The molecule has 0 spiro atoms. The molecule has 96 valence electrons. The van der Waals surface area contributed by atoms with Crippen LogP contribution in [0.5, 0.6) is 11.5 Å². The molecule has 5 nitrogen and oxygen atoms in total. The molecule has 3 rings (SSSR count). The van der Waals surface area contributed by atoms with Gasteiger partial charge in [0.05, 0.1) is 25.3 Å².